The lowest BCUT2D eigenvalue weighted by Gasteiger charge is -1.99. The first-order valence-electron chi connectivity index (χ1n) is 4.60. The Morgan fingerprint density at radius 3 is 2.73 bits per heavy atom. The molecule has 0 aliphatic carbocycles. The van der Waals surface area contributed by atoms with Gasteiger partial charge in [-0.15, -0.1) is 0 Å². The second kappa shape index (κ2) is 3.57. The molecule has 1 aromatic carbocycles. The van der Waals surface area contributed by atoms with E-state index in [1.54, 1.807) is 12.1 Å². The molecule has 0 atom stereocenters. The van der Waals surface area contributed by atoms with Crippen molar-refractivity contribution in [3.05, 3.63) is 50.7 Å². The summed E-state index contributed by atoms with van der Waals surface area (Å²) in [5, 5.41) is 0.509. The Kier molecular flexibility index (Phi) is 2.25. The van der Waals surface area contributed by atoms with Crippen LogP contribution in [0.5, 0.6) is 0 Å². The van der Waals surface area contributed by atoms with Gasteiger partial charge in [-0.05, 0) is 18.6 Å². The Morgan fingerprint density at radius 2 is 2.00 bits per heavy atom. The van der Waals surface area contributed by atoms with Gasteiger partial charge >= 0.3 is 5.69 Å². The lowest BCUT2D eigenvalue weighted by atomic mass is 10.1. The molecular formula is C11H10N2O2. The summed E-state index contributed by atoms with van der Waals surface area (Å²) in [6, 6.07) is 5.34. The number of hydrogen-bond acceptors (Lipinski definition) is 2. The number of rotatable bonds is 1. The third kappa shape index (κ3) is 1.61. The highest BCUT2D eigenvalue weighted by Gasteiger charge is 2.03. The molecule has 0 spiro atoms. The van der Waals surface area contributed by atoms with Crippen molar-refractivity contribution in [1.29, 1.82) is 0 Å². The number of benzene rings is 1. The SMILES string of the molecule is C/C=C\c1cccc2[nH]c(=O)[nH]c(=O)c12. The molecule has 0 radical (unpaired) electrons. The van der Waals surface area contributed by atoms with Gasteiger partial charge in [-0.3, -0.25) is 9.78 Å². The molecule has 2 rings (SSSR count). The summed E-state index contributed by atoms with van der Waals surface area (Å²) < 4.78 is 0. The third-order valence-electron chi connectivity index (χ3n) is 2.15. The number of nitrogens with one attached hydrogen (secondary N) is 2. The summed E-state index contributed by atoms with van der Waals surface area (Å²) in [4.78, 5) is 27.4. The number of fused-ring (bicyclic) bond motifs is 1. The van der Waals surface area contributed by atoms with Gasteiger partial charge in [-0.1, -0.05) is 24.3 Å². The van der Waals surface area contributed by atoms with Gasteiger partial charge in [0.15, 0.2) is 0 Å². The van der Waals surface area contributed by atoms with Gasteiger partial charge in [0, 0.05) is 0 Å². The molecule has 2 aromatic rings. The molecule has 0 fully saturated rings. The van der Waals surface area contributed by atoms with Gasteiger partial charge in [0.1, 0.15) is 0 Å². The smallest absolute Gasteiger partial charge is 0.307 e. The van der Waals surface area contributed by atoms with Crippen molar-refractivity contribution < 1.29 is 0 Å². The number of aromatic amines is 2. The van der Waals surface area contributed by atoms with Gasteiger partial charge in [-0.2, -0.15) is 0 Å². The Hall–Kier alpha value is -2.10. The molecule has 0 bridgehead atoms. The zero-order chi connectivity index (χ0) is 10.8. The molecule has 4 heteroatoms. The first kappa shape index (κ1) is 9.45. The fraction of sp³-hybridized carbons (Fsp3) is 0.0909. The first-order valence-corrected chi connectivity index (χ1v) is 4.60. The number of H-pyrrole nitrogens is 2. The predicted octanol–water partition coefficient (Wildman–Crippen LogP) is 1.25. The zero-order valence-electron chi connectivity index (χ0n) is 8.20. The van der Waals surface area contributed by atoms with Crippen molar-refractivity contribution in [3.8, 4) is 0 Å². The molecule has 76 valence electrons. The highest BCUT2D eigenvalue weighted by Crippen LogP contribution is 2.12. The standard InChI is InChI=1S/C11H10N2O2/c1-2-4-7-5-3-6-8-9(7)10(14)13-11(15)12-8/h2-6H,1H3,(H2,12,13,14,15)/b4-2-. The van der Waals surface area contributed by atoms with Crippen LogP contribution < -0.4 is 11.2 Å². The van der Waals surface area contributed by atoms with E-state index in [9.17, 15) is 9.59 Å². The van der Waals surface area contributed by atoms with Crippen LogP contribution >= 0.6 is 0 Å². The van der Waals surface area contributed by atoms with Gasteiger partial charge < -0.3 is 4.98 Å². The third-order valence-corrected chi connectivity index (χ3v) is 2.15. The fourth-order valence-corrected chi connectivity index (χ4v) is 1.57. The van der Waals surface area contributed by atoms with E-state index in [0.29, 0.717) is 10.9 Å². The molecule has 0 saturated heterocycles. The summed E-state index contributed by atoms with van der Waals surface area (Å²) in [6.07, 6.45) is 3.68. The molecule has 1 aromatic heterocycles. The van der Waals surface area contributed by atoms with Crippen LogP contribution in [0.4, 0.5) is 0 Å². The first-order chi connectivity index (χ1) is 7.22. The van der Waals surface area contributed by atoms with Crippen LogP contribution in [0.2, 0.25) is 0 Å². The molecule has 0 saturated carbocycles. The van der Waals surface area contributed by atoms with Crippen LogP contribution in [0.3, 0.4) is 0 Å². The van der Waals surface area contributed by atoms with Crippen LogP contribution in [0.25, 0.3) is 17.0 Å². The molecule has 0 amide bonds. The Labute approximate surface area is 85.3 Å². The van der Waals surface area contributed by atoms with Crippen molar-refractivity contribution in [2.45, 2.75) is 6.92 Å². The van der Waals surface area contributed by atoms with Crippen molar-refractivity contribution in [1.82, 2.24) is 9.97 Å². The van der Waals surface area contributed by atoms with E-state index in [4.69, 9.17) is 0 Å². The minimum atomic E-state index is -0.481. The minimum Gasteiger partial charge on any atom is -0.307 e. The van der Waals surface area contributed by atoms with E-state index in [-0.39, 0.29) is 5.56 Å². The molecule has 0 aliphatic rings. The second-order valence-electron chi connectivity index (χ2n) is 3.18. The molecular weight excluding hydrogens is 192 g/mol. The highest BCUT2D eigenvalue weighted by atomic mass is 16.2. The molecule has 15 heavy (non-hydrogen) atoms. The summed E-state index contributed by atoms with van der Waals surface area (Å²) >= 11 is 0. The lowest BCUT2D eigenvalue weighted by molar-refractivity contribution is 1.08. The van der Waals surface area contributed by atoms with E-state index >= 15 is 0 Å². The lowest BCUT2D eigenvalue weighted by Crippen LogP contribution is -2.22. The zero-order valence-corrected chi connectivity index (χ0v) is 8.20. The summed E-state index contributed by atoms with van der Waals surface area (Å²) in [6.45, 7) is 1.87. The van der Waals surface area contributed by atoms with E-state index in [1.807, 2.05) is 25.1 Å². The van der Waals surface area contributed by atoms with Crippen LogP contribution in [0, 0.1) is 0 Å². The normalized spacial score (nSPS) is 11.3. The van der Waals surface area contributed by atoms with Gasteiger partial charge in [0.25, 0.3) is 5.56 Å². The van der Waals surface area contributed by atoms with E-state index in [2.05, 4.69) is 9.97 Å². The van der Waals surface area contributed by atoms with E-state index in [0.717, 1.165) is 5.56 Å². The van der Waals surface area contributed by atoms with E-state index < -0.39 is 5.69 Å². The molecule has 4 nitrogen and oxygen atoms in total. The number of aromatic nitrogens is 2. The Balaban J connectivity index is 2.98. The van der Waals surface area contributed by atoms with Crippen molar-refractivity contribution in [2.24, 2.45) is 0 Å². The summed E-state index contributed by atoms with van der Waals surface area (Å²) in [5.74, 6) is 0. The maximum atomic E-state index is 11.6. The van der Waals surface area contributed by atoms with Crippen LogP contribution in [-0.2, 0) is 0 Å². The van der Waals surface area contributed by atoms with Crippen LogP contribution in [0.15, 0.2) is 33.9 Å². The van der Waals surface area contributed by atoms with Crippen LogP contribution in [-0.4, -0.2) is 9.97 Å². The quantitative estimate of drug-likeness (QED) is 0.730. The van der Waals surface area contributed by atoms with E-state index in [1.165, 1.54) is 0 Å². The minimum absolute atomic E-state index is 0.359. The van der Waals surface area contributed by atoms with Gasteiger partial charge in [-0.25, -0.2) is 4.79 Å². The summed E-state index contributed by atoms with van der Waals surface area (Å²) in [7, 11) is 0. The Morgan fingerprint density at radius 1 is 1.20 bits per heavy atom. The highest BCUT2D eigenvalue weighted by molar-refractivity contribution is 5.86. The van der Waals surface area contributed by atoms with Crippen molar-refractivity contribution >= 4 is 17.0 Å². The average Bonchev–Trinajstić information content (AvgIpc) is 2.17. The monoisotopic (exact) mass is 202 g/mol. The van der Waals surface area contributed by atoms with Gasteiger partial charge in [0.05, 0.1) is 10.9 Å². The predicted molar refractivity (Wildman–Crippen MR) is 59.9 cm³/mol. The average molecular weight is 202 g/mol. The van der Waals surface area contributed by atoms with Crippen LogP contribution in [0.1, 0.15) is 12.5 Å². The van der Waals surface area contributed by atoms with Gasteiger partial charge in [0.2, 0.25) is 0 Å². The largest absolute Gasteiger partial charge is 0.326 e. The fourth-order valence-electron chi connectivity index (χ4n) is 1.57. The van der Waals surface area contributed by atoms with Crippen molar-refractivity contribution in [3.63, 3.8) is 0 Å². The second-order valence-corrected chi connectivity index (χ2v) is 3.18. The maximum Gasteiger partial charge on any atom is 0.326 e. The molecule has 2 N–H and O–H groups in total. The summed E-state index contributed by atoms with van der Waals surface area (Å²) in [5.41, 5.74) is 0.513. The molecule has 1 heterocycles. The molecule has 0 unspecified atom stereocenters. The molecule has 0 aliphatic heterocycles. The maximum absolute atomic E-state index is 11.6. The Bertz CT molecular complexity index is 635. The topological polar surface area (TPSA) is 65.7 Å². The van der Waals surface area contributed by atoms with Crippen molar-refractivity contribution in [2.75, 3.05) is 0 Å². The number of hydrogen-bond donors (Lipinski definition) is 2. The number of allylic oxidation sites excluding steroid dienone is 1.